The molecule has 7 heteroatoms. The minimum atomic E-state index is -0.272. The third-order valence-corrected chi connectivity index (χ3v) is 8.64. The molecular weight excluding hydrogens is 392 g/mol. The van der Waals surface area contributed by atoms with E-state index >= 15 is 0 Å². The Morgan fingerprint density at radius 2 is 1.68 bits per heavy atom. The van der Waals surface area contributed by atoms with Gasteiger partial charge in [0.25, 0.3) is 5.69 Å². The molecule has 6 rings (SSSR count). The van der Waals surface area contributed by atoms with E-state index in [1.165, 1.54) is 38.5 Å². The van der Waals surface area contributed by atoms with Gasteiger partial charge >= 0.3 is 0 Å². The lowest BCUT2D eigenvalue weighted by molar-refractivity contribution is -0.384. The minimum absolute atomic E-state index is 0.107. The Bertz CT molecular complexity index is 842. The molecule has 1 N–H and O–H groups in total. The lowest BCUT2D eigenvalue weighted by Crippen LogP contribution is -2.53. The molecule has 168 valence electrons. The van der Waals surface area contributed by atoms with Crippen molar-refractivity contribution >= 4 is 23.0 Å². The third-order valence-electron chi connectivity index (χ3n) is 8.64. The summed E-state index contributed by atoms with van der Waals surface area (Å²) >= 11 is 0. The van der Waals surface area contributed by atoms with Crippen molar-refractivity contribution in [1.29, 1.82) is 0 Å². The van der Waals surface area contributed by atoms with E-state index in [1.54, 1.807) is 13.0 Å². The number of nitro groups is 1. The van der Waals surface area contributed by atoms with Crippen molar-refractivity contribution in [3.63, 3.8) is 0 Å². The number of nitrogens with one attached hydrogen (secondary N) is 1. The SMILES string of the molecule is CC(=O)N1CCN(c2ccc([N+](=O)[O-])c(N[C@H](C)C34CC5CC(CC(C5)C3)C4)c2)CC1. The molecule has 1 aromatic rings. The third kappa shape index (κ3) is 3.76. The van der Waals surface area contributed by atoms with Gasteiger partial charge in [0.2, 0.25) is 5.91 Å². The van der Waals surface area contributed by atoms with Crippen LogP contribution in [-0.4, -0.2) is 48.0 Å². The van der Waals surface area contributed by atoms with Gasteiger partial charge in [-0.05, 0) is 80.8 Å². The van der Waals surface area contributed by atoms with Crippen LogP contribution in [0.3, 0.4) is 0 Å². The van der Waals surface area contributed by atoms with Crippen LogP contribution >= 0.6 is 0 Å². The Morgan fingerprint density at radius 1 is 1.10 bits per heavy atom. The van der Waals surface area contributed by atoms with Crippen molar-refractivity contribution in [1.82, 2.24) is 4.90 Å². The first-order chi connectivity index (χ1) is 14.8. The van der Waals surface area contributed by atoms with Crippen LogP contribution in [0.1, 0.15) is 52.4 Å². The highest BCUT2D eigenvalue weighted by atomic mass is 16.6. The van der Waals surface area contributed by atoms with Crippen LogP contribution in [0.2, 0.25) is 0 Å². The highest BCUT2D eigenvalue weighted by Gasteiger charge is 2.53. The fourth-order valence-electron chi connectivity index (χ4n) is 7.37. The van der Waals surface area contributed by atoms with Crippen LogP contribution < -0.4 is 10.2 Å². The average molecular weight is 427 g/mol. The summed E-state index contributed by atoms with van der Waals surface area (Å²) in [7, 11) is 0. The maximum atomic E-state index is 11.8. The van der Waals surface area contributed by atoms with Gasteiger partial charge in [-0.2, -0.15) is 0 Å². The predicted octanol–water partition coefficient (Wildman–Crippen LogP) is 4.28. The van der Waals surface area contributed by atoms with E-state index in [9.17, 15) is 14.9 Å². The summed E-state index contributed by atoms with van der Waals surface area (Å²) in [6, 6.07) is 5.67. The molecule has 4 bridgehead atoms. The lowest BCUT2D eigenvalue weighted by Gasteiger charge is -2.59. The van der Waals surface area contributed by atoms with Gasteiger partial charge in [0.15, 0.2) is 0 Å². The number of carbonyl (C=O) groups excluding carboxylic acids is 1. The van der Waals surface area contributed by atoms with E-state index < -0.39 is 0 Å². The number of carbonyl (C=O) groups is 1. The molecule has 1 saturated heterocycles. The van der Waals surface area contributed by atoms with E-state index in [1.807, 2.05) is 17.0 Å². The Morgan fingerprint density at radius 3 is 2.19 bits per heavy atom. The molecule has 1 amide bonds. The summed E-state index contributed by atoms with van der Waals surface area (Å²) in [5.74, 6) is 2.67. The topological polar surface area (TPSA) is 78.7 Å². The number of amides is 1. The summed E-state index contributed by atoms with van der Waals surface area (Å²) in [4.78, 5) is 27.2. The van der Waals surface area contributed by atoms with Crippen molar-refractivity contribution in [2.24, 2.45) is 23.2 Å². The molecule has 7 nitrogen and oxygen atoms in total. The largest absolute Gasteiger partial charge is 0.376 e. The van der Waals surface area contributed by atoms with Crippen molar-refractivity contribution in [3.8, 4) is 0 Å². The smallest absolute Gasteiger partial charge is 0.292 e. The van der Waals surface area contributed by atoms with Gasteiger partial charge in [0, 0.05) is 50.9 Å². The van der Waals surface area contributed by atoms with Crippen LogP contribution in [-0.2, 0) is 4.79 Å². The number of nitro benzene ring substituents is 1. The number of anilines is 2. The van der Waals surface area contributed by atoms with Gasteiger partial charge in [-0.15, -0.1) is 0 Å². The number of hydrogen-bond donors (Lipinski definition) is 1. The summed E-state index contributed by atoms with van der Waals surface area (Å²) in [5.41, 5.74) is 2.07. The second kappa shape index (κ2) is 7.68. The first-order valence-corrected chi connectivity index (χ1v) is 11.9. The summed E-state index contributed by atoms with van der Waals surface area (Å²) in [6.07, 6.45) is 8.00. The molecule has 0 spiro atoms. The van der Waals surface area contributed by atoms with Crippen LogP contribution in [0, 0.1) is 33.3 Å². The van der Waals surface area contributed by atoms with Gasteiger partial charge in [0.1, 0.15) is 5.69 Å². The van der Waals surface area contributed by atoms with E-state index in [-0.39, 0.29) is 28.0 Å². The highest BCUT2D eigenvalue weighted by Crippen LogP contribution is 2.61. The molecule has 31 heavy (non-hydrogen) atoms. The normalized spacial score (nSPS) is 32.8. The maximum absolute atomic E-state index is 11.8. The van der Waals surface area contributed by atoms with Crippen molar-refractivity contribution in [2.45, 2.75) is 58.4 Å². The second-order valence-corrected chi connectivity index (χ2v) is 10.6. The first-order valence-electron chi connectivity index (χ1n) is 11.9. The van der Waals surface area contributed by atoms with E-state index in [2.05, 4.69) is 17.1 Å². The standard InChI is InChI=1S/C24H34N4O3/c1-16(24-13-18-9-19(14-24)11-20(10-18)15-24)25-22-12-21(3-4-23(22)28(30)31)27-7-5-26(6-8-27)17(2)29/h3-4,12,16,18-20,25H,5-11,13-15H2,1-2H3/t16-,18?,19?,20?,24?/m1/s1. The molecule has 4 saturated carbocycles. The number of benzene rings is 1. The number of nitrogens with zero attached hydrogens (tertiary/aromatic N) is 3. The predicted molar refractivity (Wildman–Crippen MR) is 121 cm³/mol. The number of rotatable bonds is 5. The van der Waals surface area contributed by atoms with Gasteiger partial charge in [-0.3, -0.25) is 14.9 Å². The highest BCUT2D eigenvalue weighted by molar-refractivity contribution is 5.74. The maximum Gasteiger partial charge on any atom is 0.292 e. The molecule has 0 aromatic heterocycles. The molecule has 1 aromatic carbocycles. The second-order valence-electron chi connectivity index (χ2n) is 10.6. The van der Waals surface area contributed by atoms with Gasteiger partial charge in [-0.25, -0.2) is 0 Å². The summed E-state index contributed by atoms with van der Waals surface area (Å²) < 4.78 is 0. The molecule has 5 fully saturated rings. The zero-order valence-electron chi connectivity index (χ0n) is 18.7. The number of hydrogen-bond acceptors (Lipinski definition) is 5. The van der Waals surface area contributed by atoms with Crippen molar-refractivity contribution in [2.75, 3.05) is 36.4 Å². The van der Waals surface area contributed by atoms with Crippen LogP contribution in [0.25, 0.3) is 0 Å². The zero-order chi connectivity index (χ0) is 21.8. The number of piperazine rings is 1. The molecule has 4 aliphatic carbocycles. The Hall–Kier alpha value is -2.31. The van der Waals surface area contributed by atoms with Gasteiger partial charge in [-0.1, -0.05) is 0 Å². The first kappa shape index (κ1) is 20.6. The van der Waals surface area contributed by atoms with E-state index in [0.717, 1.165) is 36.5 Å². The van der Waals surface area contributed by atoms with Crippen LogP contribution in [0.15, 0.2) is 18.2 Å². The average Bonchev–Trinajstić information content (AvgIpc) is 2.72. The molecule has 1 atom stereocenters. The fraction of sp³-hybridized carbons (Fsp3) is 0.708. The van der Waals surface area contributed by atoms with E-state index in [4.69, 9.17) is 0 Å². The van der Waals surface area contributed by atoms with E-state index in [0.29, 0.717) is 18.8 Å². The van der Waals surface area contributed by atoms with Crippen molar-refractivity contribution < 1.29 is 9.72 Å². The molecule has 5 aliphatic rings. The van der Waals surface area contributed by atoms with Crippen LogP contribution in [0.4, 0.5) is 17.1 Å². The Kier molecular flexibility index (Phi) is 5.10. The minimum Gasteiger partial charge on any atom is -0.376 e. The van der Waals surface area contributed by atoms with Gasteiger partial charge < -0.3 is 15.1 Å². The molecular formula is C24H34N4O3. The lowest BCUT2D eigenvalue weighted by atomic mass is 9.48. The molecule has 0 radical (unpaired) electrons. The zero-order valence-corrected chi connectivity index (χ0v) is 18.7. The summed E-state index contributed by atoms with van der Waals surface area (Å²) in [5, 5.41) is 15.4. The Balaban J connectivity index is 1.36. The van der Waals surface area contributed by atoms with Gasteiger partial charge in [0.05, 0.1) is 4.92 Å². The Labute approximate surface area is 184 Å². The quantitative estimate of drug-likeness (QED) is 0.562. The molecule has 1 heterocycles. The molecule has 0 unspecified atom stereocenters. The fourth-order valence-corrected chi connectivity index (χ4v) is 7.37. The molecule has 1 aliphatic heterocycles. The summed E-state index contributed by atoms with van der Waals surface area (Å²) in [6.45, 7) is 6.74. The van der Waals surface area contributed by atoms with Crippen molar-refractivity contribution in [3.05, 3.63) is 28.3 Å². The van der Waals surface area contributed by atoms with Crippen LogP contribution in [0.5, 0.6) is 0 Å². The monoisotopic (exact) mass is 426 g/mol.